The predicted molar refractivity (Wildman–Crippen MR) is 88.8 cm³/mol. The third kappa shape index (κ3) is 4.61. The molecule has 12 nitrogen and oxygen atoms in total. The smallest absolute Gasteiger partial charge is 0.331 e. The number of hydrogen-bond acceptors (Lipinski definition) is 8. The Hall–Kier alpha value is -2.86. The van der Waals surface area contributed by atoms with E-state index in [9.17, 15) is 19.5 Å². The number of ether oxygens (including phenoxy) is 1. The van der Waals surface area contributed by atoms with Gasteiger partial charge in [0.05, 0.1) is 25.8 Å². The largest absolute Gasteiger partial charge is 0.391 e. The molecule has 0 unspecified atom stereocenters. The van der Waals surface area contributed by atoms with Crippen LogP contribution in [0.25, 0.3) is 0 Å². The zero-order valence-corrected chi connectivity index (χ0v) is 14.7. The molecule has 1 amide bonds. The number of aromatic nitrogens is 6. The number of rotatable bonds is 8. The number of carbonyl (C=O) groups is 1. The molecule has 1 atom stereocenters. The number of hydrogen-bond donors (Lipinski definition) is 2. The summed E-state index contributed by atoms with van der Waals surface area (Å²) in [7, 11) is 2.77. The van der Waals surface area contributed by atoms with Crippen LogP contribution in [-0.2, 0) is 24.9 Å². The average Bonchev–Trinajstić information content (AvgIpc) is 3.01. The van der Waals surface area contributed by atoms with E-state index >= 15 is 0 Å². The number of methoxy groups -OCH3 is 1. The lowest BCUT2D eigenvalue weighted by molar-refractivity contribution is 0.0933. The minimum atomic E-state index is -0.702. The Morgan fingerprint density at radius 2 is 2.15 bits per heavy atom. The predicted octanol–water partition coefficient (Wildman–Crippen LogP) is -2.66. The van der Waals surface area contributed by atoms with Crippen molar-refractivity contribution in [1.82, 2.24) is 34.7 Å². The number of aliphatic hydroxyl groups excluding tert-OH is 1. The van der Waals surface area contributed by atoms with E-state index in [1.165, 1.54) is 25.2 Å². The Kier molecular flexibility index (Phi) is 6.36. The van der Waals surface area contributed by atoms with E-state index in [0.29, 0.717) is 6.61 Å². The summed E-state index contributed by atoms with van der Waals surface area (Å²) in [6.07, 6.45) is 0.516. The molecule has 12 heteroatoms. The molecule has 2 aromatic heterocycles. The van der Waals surface area contributed by atoms with Crippen molar-refractivity contribution < 1.29 is 14.6 Å². The quantitative estimate of drug-likeness (QED) is 0.481. The molecule has 0 aliphatic rings. The summed E-state index contributed by atoms with van der Waals surface area (Å²) in [6.45, 7) is 2.18. The van der Waals surface area contributed by atoms with E-state index in [1.54, 1.807) is 6.92 Å². The van der Waals surface area contributed by atoms with E-state index in [2.05, 4.69) is 20.7 Å². The lowest BCUT2D eigenvalue weighted by atomic mass is 10.3. The molecular weight excluding hydrogens is 346 g/mol. The summed E-state index contributed by atoms with van der Waals surface area (Å²) in [5.74, 6) is -0.403. The summed E-state index contributed by atoms with van der Waals surface area (Å²) in [6, 6.07) is 0. The molecule has 26 heavy (non-hydrogen) atoms. The molecule has 0 saturated carbocycles. The van der Waals surface area contributed by atoms with Gasteiger partial charge in [0.1, 0.15) is 5.56 Å². The van der Waals surface area contributed by atoms with E-state index in [0.717, 1.165) is 9.13 Å². The Morgan fingerprint density at radius 3 is 2.81 bits per heavy atom. The first-order chi connectivity index (χ1) is 12.3. The fourth-order valence-corrected chi connectivity index (χ4v) is 2.16. The summed E-state index contributed by atoms with van der Waals surface area (Å²) >= 11 is 0. The maximum absolute atomic E-state index is 12.3. The molecule has 142 valence electrons. The van der Waals surface area contributed by atoms with Crippen LogP contribution in [0.2, 0.25) is 0 Å². The fraction of sp³-hybridized carbons (Fsp3) is 0.571. The Balaban J connectivity index is 2.28. The van der Waals surface area contributed by atoms with E-state index in [1.807, 2.05) is 0 Å². The Morgan fingerprint density at radius 1 is 1.42 bits per heavy atom. The number of nitrogens with one attached hydrogen (secondary N) is 1. The van der Waals surface area contributed by atoms with Crippen LogP contribution in [0.5, 0.6) is 0 Å². The monoisotopic (exact) mass is 367 g/mol. The van der Waals surface area contributed by atoms with E-state index in [-0.39, 0.29) is 31.0 Å². The van der Waals surface area contributed by atoms with Crippen LogP contribution in [0.4, 0.5) is 0 Å². The number of amides is 1. The van der Waals surface area contributed by atoms with Crippen molar-refractivity contribution in [3.63, 3.8) is 0 Å². The summed E-state index contributed by atoms with van der Waals surface area (Å²) in [4.78, 5) is 37.8. The summed E-state index contributed by atoms with van der Waals surface area (Å²) < 4.78 is 6.82. The molecule has 0 spiro atoms. The van der Waals surface area contributed by atoms with Crippen LogP contribution in [-0.4, -0.2) is 66.7 Å². The zero-order valence-electron chi connectivity index (χ0n) is 14.7. The van der Waals surface area contributed by atoms with Crippen molar-refractivity contribution in [1.29, 1.82) is 0 Å². The minimum Gasteiger partial charge on any atom is -0.391 e. The second-order valence-corrected chi connectivity index (χ2v) is 5.68. The molecule has 2 heterocycles. The molecule has 0 aliphatic carbocycles. The van der Waals surface area contributed by atoms with Crippen LogP contribution in [0.1, 0.15) is 23.1 Å². The number of carbonyl (C=O) groups excluding carboxylic acids is 1. The van der Waals surface area contributed by atoms with Crippen molar-refractivity contribution in [2.75, 3.05) is 20.3 Å². The summed E-state index contributed by atoms with van der Waals surface area (Å²) in [5.41, 5.74) is -1.50. The maximum Gasteiger partial charge on any atom is 0.331 e. The van der Waals surface area contributed by atoms with Crippen molar-refractivity contribution in [3.8, 4) is 0 Å². The molecule has 2 rings (SSSR count). The molecule has 0 aromatic carbocycles. The minimum absolute atomic E-state index is 0.0783. The van der Waals surface area contributed by atoms with Gasteiger partial charge in [-0.1, -0.05) is 0 Å². The van der Waals surface area contributed by atoms with Crippen LogP contribution < -0.4 is 16.6 Å². The van der Waals surface area contributed by atoms with Crippen LogP contribution in [0.3, 0.4) is 0 Å². The molecule has 0 saturated heterocycles. The van der Waals surface area contributed by atoms with Gasteiger partial charge in [-0.15, -0.1) is 10.2 Å². The molecular formula is C14H21N7O5. The standard InChI is InChI=1S/C14H21N7O5/c1-9(22)6-21-17-11(16-18-21)8-20-7-10(12(23)15-4-5-26-3)13(24)19(2)14(20)25/h7,9,22H,4-6,8H2,1-3H3,(H,15,23)/t9-/m1/s1. The fourth-order valence-electron chi connectivity index (χ4n) is 2.16. The SMILES string of the molecule is COCCNC(=O)c1cn(Cc2nnn(C[C@@H](C)O)n2)c(=O)n(C)c1=O. The highest BCUT2D eigenvalue weighted by Gasteiger charge is 2.16. The second-order valence-electron chi connectivity index (χ2n) is 5.68. The molecule has 0 bridgehead atoms. The number of nitrogens with zero attached hydrogens (tertiary/aromatic N) is 6. The van der Waals surface area contributed by atoms with Gasteiger partial charge in [-0.2, -0.15) is 4.80 Å². The first-order valence-corrected chi connectivity index (χ1v) is 7.85. The maximum atomic E-state index is 12.3. The number of aliphatic hydroxyl groups is 1. The molecule has 2 N–H and O–H groups in total. The van der Waals surface area contributed by atoms with Crippen molar-refractivity contribution in [2.45, 2.75) is 26.1 Å². The van der Waals surface area contributed by atoms with Gasteiger partial charge in [0.25, 0.3) is 11.5 Å². The van der Waals surface area contributed by atoms with Crippen LogP contribution >= 0.6 is 0 Å². The summed E-state index contributed by atoms with van der Waals surface area (Å²) in [5, 5.41) is 23.5. The van der Waals surface area contributed by atoms with E-state index in [4.69, 9.17) is 4.74 Å². The highest BCUT2D eigenvalue weighted by Crippen LogP contribution is 1.95. The molecule has 0 aliphatic heterocycles. The lowest BCUT2D eigenvalue weighted by Crippen LogP contribution is -2.43. The van der Waals surface area contributed by atoms with Gasteiger partial charge >= 0.3 is 5.69 Å². The zero-order chi connectivity index (χ0) is 19.3. The highest BCUT2D eigenvalue weighted by atomic mass is 16.5. The topological polar surface area (TPSA) is 146 Å². The second kappa shape index (κ2) is 8.49. The van der Waals surface area contributed by atoms with Gasteiger partial charge in [0, 0.05) is 26.9 Å². The number of tetrazole rings is 1. The van der Waals surface area contributed by atoms with Crippen LogP contribution in [0, 0.1) is 0 Å². The first-order valence-electron chi connectivity index (χ1n) is 7.85. The van der Waals surface area contributed by atoms with Gasteiger partial charge in [-0.3, -0.25) is 18.7 Å². The van der Waals surface area contributed by atoms with Crippen molar-refractivity contribution in [3.05, 3.63) is 38.4 Å². The average molecular weight is 367 g/mol. The highest BCUT2D eigenvalue weighted by molar-refractivity contribution is 5.93. The molecule has 0 fully saturated rings. The molecule has 0 radical (unpaired) electrons. The third-order valence-electron chi connectivity index (χ3n) is 3.42. The van der Waals surface area contributed by atoms with Gasteiger partial charge < -0.3 is 15.2 Å². The van der Waals surface area contributed by atoms with Gasteiger partial charge in [0.15, 0.2) is 5.82 Å². The van der Waals surface area contributed by atoms with Gasteiger partial charge in [-0.05, 0) is 12.1 Å². The van der Waals surface area contributed by atoms with Crippen LogP contribution in [0.15, 0.2) is 15.8 Å². The Labute approximate surface area is 148 Å². The van der Waals surface area contributed by atoms with Crippen molar-refractivity contribution >= 4 is 5.91 Å². The van der Waals surface area contributed by atoms with Gasteiger partial charge in [0.2, 0.25) is 0 Å². The normalized spacial score (nSPS) is 12.2. The molecule has 2 aromatic rings. The first kappa shape index (κ1) is 19.5. The van der Waals surface area contributed by atoms with E-state index < -0.39 is 23.3 Å². The Bertz CT molecular complexity index is 883. The van der Waals surface area contributed by atoms with Gasteiger partial charge in [-0.25, -0.2) is 4.79 Å². The van der Waals surface area contributed by atoms with Crippen molar-refractivity contribution in [2.24, 2.45) is 7.05 Å². The third-order valence-corrected chi connectivity index (χ3v) is 3.42. The lowest BCUT2D eigenvalue weighted by Gasteiger charge is -2.09.